The first-order chi connectivity index (χ1) is 31.1. The van der Waals surface area contributed by atoms with Gasteiger partial charge >= 0.3 is 0 Å². The molecule has 63 heavy (non-hydrogen) atoms. The van der Waals surface area contributed by atoms with Crippen LogP contribution in [0.5, 0.6) is 0 Å². The van der Waals surface area contributed by atoms with E-state index in [0.717, 1.165) is 6.42 Å². The summed E-state index contributed by atoms with van der Waals surface area (Å²) in [7, 11) is -5.32. The van der Waals surface area contributed by atoms with Crippen molar-refractivity contribution in [3.8, 4) is 0 Å². The molecule has 0 bridgehead atoms. The molecule has 0 aliphatic rings. The molecule has 0 atom stereocenters. The molecule has 0 spiro atoms. The van der Waals surface area contributed by atoms with Gasteiger partial charge in [-0.25, -0.2) is 0 Å². The van der Waals surface area contributed by atoms with Gasteiger partial charge < -0.3 is 0 Å². The number of hydrogen-bond acceptors (Lipinski definition) is 0. The highest BCUT2D eigenvalue weighted by atomic mass is 28.3. The fraction of sp³-hybridized carbons (Fsp3) is 0.0492. The largest absolute Gasteiger partial charge is 0.179 e. The molecule has 0 amide bonds. The highest BCUT2D eigenvalue weighted by molar-refractivity contribution is 7.20. The van der Waals surface area contributed by atoms with E-state index in [2.05, 4.69) is 281 Å². The first-order valence-electron chi connectivity index (χ1n) is 22.1. The highest BCUT2D eigenvalue weighted by Gasteiger charge is 2.42. The number of hydrogen-bond donors (Lipinski definition) is 0. The lowest BCUT2D eigenvalue weighted by Crippen LogP contribution is -2.74. The van der Waals surface area contributed by atoms with E-state index in [1.807, 2.05) is 0 Å². The Morgan fingerprint density at radius 3 is 1.08 bits per heavy atom. The third-order valence-electron chi connectivity index (χ3n) is 12.7. The van der Waals surface area contributed by atoms with Gasteiger partial charge in [-0.1, -0.05) is 267 Å². The number of benzene rings is 9. The molecule has 0 N–H and O–H groups in total. The lowest BCUT2D eigenvalue weighted by atomic mass is 9.93. The van der Waals surface area contributed by atoms with Crippen molar-refractivity contribution < 1.29 is 0 Å². The molecule has 0 saturated heterocycles. The summed E-state index contributed by atoms with van der Waals surface area (Å²) in [6, 6.07) is 92.5. The lowest BCUT2D eigenvalue weighted by Gasteiger charge is -2.34. The normalized spacial score (nSPS) is 12.1. The van der Waals surface area contributed by atoms with Crippen LogP contribution >= 0.6 is 0 Å². The van der Waals surface area contributed by atoms with Crippen molar-refractivity contribution in [2.45, 2.75) is 20.3 Å². The van der Waals surface area contributed by atoms with Crippen molar-refractivity contribution in [1.82, 2.24) is 0 Å². The molecule has 2 heteroatoms. The summed E-state index contributed by atoms with van der Waals surface area (Å²) in [5.41, 5.74) is 7.58. The Kier molecular flexibility index (Phi) is 12.4. The number of allylic oxidation sites excluding steroid dienone is 3. The van der Waals surface area contributed by atoms with E-state index in [4.69, 9.17) is 0 Å². The third-order valence-corrected chi connectivity index (χ3v) is 22.3. The van der Waals surface area contributed by atoms with Gasteiger partial charge in [-0.05, 0) is 95.2 Å². The summed E-state index contributed by atoms with van der Waals surface area (Å²) >= 11 is 0. The molecule has 0 saturated carbocycles. The van der Waals surface area contributed by atoms with Crippen molar-refractivity contribution in [1.29, 1.82) is 0 Å². The Bertz CT molecular complexity index is 2740. The van der Waals surface area contributed by atoms with Crippen LogP contribution < -0.4 is 41.5 Å². The quantitative estimate of drug-likeness (QED) is 0.0617. The summed E-state index contributed by atoms with van der Waals surface area (Å²) in [6.07, 6.45) is 7.93. The van der Waals surface area contributed by atoms with Gasteiger partial charge in [-0.15, -0.1) is 0 Å². The maximum atomic E-state index is 2.49. The maximum absolute atomic E-state index is 2.67. The summed E-state index contributed by atoms with van der Waals surface area (Å²) in [4.78, 5) is 0. The molecule has 0 heterocycles. The smallest absolute Gasteiger partial charge is 0.0722 e. The van der Waals surface area contributed by atoms with Gasteiger partial charge in [-0.3, -0.25) is 0 Å². The van der Waals surface area contributed by atoms with Crippen molar-refractivity contribution in [3.05, 3.63) is 289 Å². The summed E-state index contributed by atoms with van der Waals surface area (Å²) in [6.45, 7) is 4.48. The van der Waals surface area contributed by atoms with Crippen molar-refractivity contribution in [2.75, 3.05) is 0 Å². The standard InChI is InChI=1S/C61H52Si2/c1-48-24-21-25-49(2)61(48)52(44-42-50-26-22-40-59(46-50)62(53-28-9-3-10-29-53,54-30-11-4-12-31-54)55-32-13-5-14-33-55)45-43-51-27-23-41-60(47-51)63(56-34-15-6-16-35-56,57-36-17-7-18-37-57)58-38-19-8-20-39-58/h3-42,44-47H,43H2,1-2H3/b44-42+,52-45+. The Balaban J connectivity index is 1.15. The molecule has 0 aromatic heterocycles. The Labute approximate surface area is 376 Å². The highest BCUT2D eigenvalue weighted by Crippen LogP contribution is 2.26. The van der Waals surface area contributed by atoms with Crippen molar-refractivity contribution in [2.24, 2.45) is 0 Å². The second-order valence-corrected chi connectivity index (χ2v) is 24.1. The molecule has 0 aliphatic heterocycles. The second-order valence-electron chi connectivity index (χ2n) is 16.5. The van der Waals surface area contributed by atoms with Crippen LogP contribution in [-0.2, 0) is 6.42 Å². The minimum Gasteiger partial charge on any atom is -0.0722 e. The van der Waals surface area contributed by atoms with E-state index in [1.54, 1.807) is 0 Å². The van der Waals surface area contributed by atoms with Crippen LogP contribution in [0.15, 0.2) is 261 Å². The summed E-state index contributed by atoms with van der Waals surface area (Å²) in [5, 5.41) is 11.0. The van der Waals surface area contributed by atoms with Crippen LogP contribution in [0.25, 0.3) is 11.6 Å². The molecule has 0 unspecified atom stereocenters. The van der Waals surface area contributed by atoms with Crippen LogP contribution in [0.2, 0.25) is 0 Å². The van der Waals surface area contributed by atoms with Crippen LogP contribution in [-0.4, -0.2) is 16.1 Å². The van der Waals surface area contributed by atoms with Crippen LogP contribution in [0.3, 0.4) is 0 Å². The van der Waals surface area contributed by atoms with Gasteiger partial charge in [-0.2, -0.15) is 0 Å². The SMILES string of the molecule is Cc1cccc(C)c1C(/C=C/c1cccc([Si](c2ccccc2)(c2ccccc2)c2ccccc2)c1)=C/Cc1cccc([Si](c2ccccc2)(c2ccccc2)c2ccccc2)c1. The molecule has 9 aromatic carbocycles. The van der Waals surface area contributed by atoms with Crippen LogP contribution in [0, 0.1) is 13.8 Å². The van der Waals surface area contributed by atoms with Gasteiger partial charge in [0.2, 0.25) is 0 Å². The number of rotatable bonds is 13. The Morgan fingerprint density at radius 1 is 0.349 bits per heavy atom. The molecule has 0 nitrogen and oxygen atoms in total. The zero-order valence-electron chi connectivity index (χ0n) is 36.1. The second kappa shape index (κ2) is 18.9. The first-order valence-corrected chi connectivity index (χ1v) is 26.1. The molecule has 0 radical (unpaired) electrons. The molecule has 304 valence electrons. The van der Waals surface area contributed by atoms with Crippen molar-refractivity contribution in [3.63, 3.8) is 0 Å². The molecular formula is C61H52Si2. The maximum Gasteiger partial charge on any atom is 0.179 e. The monoisotopic (exact) mass is 840 g/mol. The summed E-state index contributed by atoms with van der Waals surface area (Å²) in [5.74, 6) is 0. The average Bonchev–Trinajstić information content (AvgIpc) is 3.35. The number of aryl methyl sites for hydroxylation is 2. The zero-order chi connectivity index (χ0) is 42.9. The predicted molar refractivity (Wildman–Crippen MR) is 277 cm³/mol. The molecule has 0 fully saturated rings. The van der Waals surface area contributed by atoms with Gasteiger partial charge in [0.15, 0.2) is 16.1 Å². The van der Waals surface area contributed by atoms with E-state index in [0.29, 0.717) is 0 Å². The molecular weight excluding hydrogens is 789 g/mol. The molecule has 9 aromatic rings. The van der Waals surface area contributed by atoms with Crippen LogP contribution in [0.1, 0.15) is 27.8 Å². The van der Waals surface area contributed by atoms with Gasteiger partial charge in [0, 0.05) is 0 Å². The Morgan fingerprint density at radius 2 is 0.683 bits per heavy atom. The fourth-order valence-electron chi connectivity index (χ4n) is 9.87. The predicted octanol–water partition coefficient (Wildman–Crippen LogP) is 9.40. The van der Waals surface area contributed by atoms with E-state index in [-0.39, 0.29) is 0 Å². The third kappa shape index (κ3) is 8.20. The van der Waals surface area contributed by atoms with E-state index < -0.39 is 16.1 Å². The van der Waals surface area contributed by atoms with Gasteiger partial charge in [0.1, 0.15) is 0 Å². The first kappa shape index (κ1) is 41.3. The lowest BCUT2D eigenvalue weighted by molar-refractivity contribution is 1.27. The molecule has 0 aliphatic carbocycles. The van der Waals surface area contributed by atoms with Gasteiger partial charge in [0.25, 0.3) is 0 Å². The minimum absolute atomic E-state index is 0.802. The van der Waals surface area contributed by atoms with Gasteiger partial charge in [0.05, 0.1) is 0 Å². The van der Waals surface area contributed by atoms with E-state index in [9.17, 15) is 0 Å². The Hall–Kier alpha value is -7.11. The fourth-order valence-corrected chi connectivity index (χ4v) is 19.5. The topological polar surface area (TPSA) is 0 Å². The average molecular weight is 841 g/mol. The zero-order valence-corrected chi connectivity index (χ0v) is 38.1. The van der Waals surface area contributed by atoms with E-state index >= 15 is 0 Å². The van der Waals surface area contributed by atoms with Crippen LogP contribution in [0.4, 0.5) is 0 Å². The van der Waals surface area contributed by atoms with Crippen molar-refractivity contribution >= 4 is 69.3 Å². The molecule has 9 rings (SSSR count). The summed E-state index contributed by atoms with van der Waals surface area (Å²) < 4.78 is 0. The minimum atomic E-state index is -2.67. The van der Waals surface area contributed by atoms with E-state index in [1.165, 1.54) is 74.9 Å².